The first-order valence-electron chi connectivity index (χ1n) is 3.21. The summed E-state index contributed by atoms with van der Waals surface area (Å²) in [4.78, 5) is 15.7. The number of hydrogen-bond donors (Lipinski definition) is 0. The van der Waals surface area contributed by atoms with Gasteiger partial charge in [0.15, 0.2) is 0 Å². The van der Waals surface area contributed by atoms with Crippen LogP contribution in [0, 0.1) is 0 Å². The minimum atomic E-state index is -0.416. The van der Waals surface area contributed by atoms with E-state index in [0.717, 1.165) is 0 Å². The van der Waals surface area contributed by atoms with Crippen molar-refractivity contribution in [1.29, 1.82) is 0 Å². The maximum absolute atomic E-state index is 10.9. The van der Waals surface area contributed by atoms with Crippen molar-refractivity contribution in [1.82, 2.24) is 4.73 Å². The molecule has 0 spiro atoms. The van der Waals surface area contributed by atoms with Gasteiger partial charge in [0.05, 0.1) is 0 Å². The number of rotatable bonds is 2. The Morgan fingerprint density at radius 1 is 1.45 bits per heavy atom. The molecule has 58 valence electrons. The molecule has 0 aliphatic rings. The Bertz CT molecular complexity index is 262. The number of carbonyl (C=O) groups excluding carboxylic acids is 1. The van der Waals surface area contributed by atoms with Crippen LogP contribution >= 0.6 is 0 Å². The molecular weight excluding hydrogens is 142 g/mol. The van der Waals surface area contributed by atoms with E-state index in [2.05, 4.69) is 6.58 Å². The molecule has 1 heterocycles. The van der Waals surface area contributed by atoms with Crippen LogP contribution in [-0.4, -0.2) is 10.7 Å². The van der Waals surface area contributed by atoms with Gasteiger partial charge in [-0.15, -0.1) is 0 Å². The molecule has 1 aromatic heterocycles. The van der Waals surface area contributed by atoms with Crippen LogP contribution in [0.25, 0.3) is 0 Å². The molecule has 0 aromatic carbocycles. The Kier molecular flexibility index (Phi) is 2.11. The van der Waals surface area contributed by atoms with Crippen LogP contribution in [0.15, 0.2) is 36.7 Å². The molecule has 11 heavy (non-hydrogen) atoms. The van der Waals surface area contributed by atoms with Crippen LogP contribution < -0.4 is 4.84 Å². The lowest BCUT2D eigenvalue weighted by molar-refractivity contribution is -0.139. The lowest BCUT2D eigenvalue weighted by Gasteiger charge is -2.01. The normalized spacial score (nSPS) is 9.18. The average Bonchev–Trinajstić information content (AvgIpc) is 2.39. The summed E-state index contributed by atoms with van der Waals surface area (Å²) >= 11 is 0. The first kappa shape index (κ1) is 7.60. The van der Waals surface area contributed by atoms with Crippen molar-refractivity contribution < 1.29 is 9.63 Å². The topological polar surface area (TPSA) is 31.2 Å². The summed E-state index contributed by atoms with van der Waals surface area (Å²) in [5.41, 5.74) is 0.388. The first-order valence-corrected chi connectivity index (χ1v) is 3.21. The van der Waals surface area contributed by atoms with E-state index in [0.29, 0.717) is 5.57 Å². The van der Waals surface area contributed by atoms with Crippen LogP contribution in [-0.2, 0) is 4.79 Å². The highest BCUT2D eigenvalue weighted by Gasteiger charge is 2.02. The highest BCUT2D eigenvalue weighted by Crippen LogP contribution is 1.91. The molecule has 0 aliphatic heterocycles. The molecule has 3 nitrogen and oxygen atoms in total. The minimum Gasteiger partial charge on any atom is -0.332 e. The number of nitrogens with zero attached hydrogens (tertiary/aromatic N) is 1. The smallest absolute Gasteiger partial charge is 0.332 e. The SMILES string of the molecule is C=C(C)C(=O)On1cccc1. The zero-order valence-electron chi connectivity index (χ0n) is 6.28. The van der Waals surface area contributed by atoms with Gasteiger partial charge in [-0.3, -0.25) is 0 Å². The van der Waals surface area contributed by atoms with Crippen molar-refractivity contribution >= 4 is 5.97 Å². The van der Waals surface area contributed by atoms with Gasteiger partial charge in [-0.05, 0) is 19.1 Å². The van der Waals surface area contributed by atoms with Gasteiger partial charge >= 0.3 is 5.97 Å². The van der Waals surface area contributed by atoms with Crippen molar-refractivity contribution in [3.8, 4) is 0 Å². The molecule has 0 unspecified atom stereocenters. The second-order valence-electron chi connectivity index (χ2n) is 2.20. The molecule has 3 heteroatoms. The van der Waals surface area contributed by atoms with Gasteiger partial charge in [-0.25, -0.2) is 4.79 Å². The van der Waals surface area contributed by atoms with Crippen molar-refractivity contribution in [3.63, 3.8) is 0 Å². The van der Waals surface area contributed by atoms with E-state index in [1.807, 2.05) is 0 Å². The van der Waals surface area contributed by atoms with E-state index in [-0.39, 0.29) is 0 Å². The fraction of sp³-hybridized carbons (Fsp3) is 0.125. The summed E-state index contributed by atoms with van der Waals surface area (Å²) in [6.45, 7) is 5.05. The summed E-state index contributed by atoms with van der Waals surface area (Å²) in [5.74, 6) is -0.416. The van der Waals surface area contributed by atoms with E-state index in [4.69, 9.17) is 4.84 Å². The minimum absolute atomic E-state index is 0.388. The first-order chi connectivity index (χ1) is 5.20. The third kappa shape index (κ3) is 1.97. The molecular formula is C8H9NO2. The van der Waals surface area contributed by atoms with E-state index >= 15 is 0 Å². The van der Waals surface area contributed by atoms with Gasteiger partial charge < -0.3 is 4.84 Å². The standard InChI is InChI=1S/C8H9NO2/c1-7(2)8(10)11-9-5-3-4-6-9/h3-6H,1H2,2H3. The summed E-state index contributed by atoms with van der Waals surface area (Å²) in [6.07, 6.45) is 3.28. The molecule has 0 fully saturated rings. The van der Waals surface area contributed by atoms with Gasteiger partial charge in [-0.2, -0.15) is 4.73 Å². The highest BCUT2D eigenvalue weighted by atomic mass is 16.7. The van der Waals surface area contributed by atoms with Crippen molar-refractivity contribution in [2.75, 3.05) is 0 Å². The summed E-state index contributed by atoms with van der Waals surface area (Å²) in [7, 11) is 0. The number of aromatic nitrogens is 1. The number of carbonyl (C=O) groups is 1. The Balaban J connectivity index is 2.57. The molecule has 0 saturated heterocycles. The van der Waals surface area contributed by atoms with Gasteiger partial charge in [0.1, 0.15) is 0 Å². The zero-order valence-corrected chi connectivity index (χ0v) is 6.28. The lowest BCUT2D eigenvalue weighted by Crippen LogP contribution is -2.18. The van der Waals surface area contributed by atoms with Crippen LogP contribution in [0.4, 0.5) is 0 Å². The molecule has 0 aliphatic carbocycles. The molecule has 1 aromatic rings. The Labute approximate surface area is 64.8 Å². The van der Waals surface area contributed by atoms with Crippen molar-refractivity contribution in [2.24, 2.45) is 0 Å². The van der Waals surface area contributed by atoms with Gasteiger partial charge in [0.25, 0.3) is 0 Å². The maximum atomic E-state index is 10.9. The van der Waals surface area contributed by atoms with Gasteiger partial charge in [0.2, 0.25) is 0 Å². The summed E-state index contributed by atoms with van der Waals surface area (Å²) < 4.78 is 1.33. The fourth-order valence-corrected chi connectivity index (χ4v) is 0.553. The molecule has 0 radical (unpaired) electrons. The summed E-state index contributed by atoms with van der Waals surface area (Å²) in [6, 6.07) is 3.54. The quantitative estimate of drug-likeness (QED) is 0.591. The van der Waals surface area contributed by atoms with E-state index in [1.54, 1.807) is 31.5 Å². The zero-order chi connectivity index (χ0) is 8.27. The Hall–Kier alpha value is -1.51. The Morgan fingerprint density at radius 3 is 2.45 bits per heavy atom. The molecule has 0 N–H and O–H groups in total. The van der Waals surface area contributed by atoms with Crippen LogP contribution in [0.1, 0.15) is 6.92 Å². The van der Waals surface area contributed by atoms with Crippen molar-refractivity contribution in [3.05, 3.63) is 36.7 Å². The third-order valence-electron chi connectivity index (χ3n) is 1.11. The second-order valence-corrected chi connectivity index (χ2v) is 2.20. The monoisotopic (exact) mass is 151 g/mol. The average molecular weight is 151 g/mol. The second kappa shape index (κ2) is 3.05. The van der Waals surface area contributed by atoms with Crippen molar-refractivity contribution in [2.45, 2.75) is 6.92 Å². The van der Waals surface area contributed by atoms with E-state index in [9.17, 15) is 4.79 Å². The predicted octanol–water partition coefficient (Wildman–Crippen LogP) is 1.02. The molecule has 0 atom stereocenters. The molecule has 1 rings (SSSR count). The lowest BCUT2D eigenvalue weighted by atomic mass is 10.4. The van der Waals surface area contributed by atoms with Crippen LogP contribution in [0.5, 0.6) is 0 Å². The van der Waals surface area contributed by atoms with Gasteiger partial charge in [-0.1, -0.05) is 6.58 Å². The fourth-order valence-electron chi connectivity index (χ4n) is 0.553. The molecule has 0 bridgehead atoms. The summed E-state index contributed by atoms with van der Waals surface area (Å²) in [5, 5.41) is 0. The van der Waals surface area contributed by atoms with E-state index < -0.39 is 5.97 Å². The highest BCUT2D eigenvalue weighted by molar-refractivity contribution is 5.87. The van der Waals surface area contributed by atoms with E-state index in [1.165, 1.54) is 4.73 Å². The number of hydrogen-bond acceptors (Lipinski definition) is 2. The predicted molar refractivity (Wildman–Crippen MR) is 40.8 cm³/mol. The van der Waals surface area contributed by atoms with Crippen LogP contribution in [0.2, 0.25) is 0 Å². The molecule has 0 saturated carbocycles. The van der Waals surface area contributed by atoms with Crippen LogP contribution in [0.3, 0.4) is 0 Å². The molecule has 0 amide bonds. The third-order valence-corrected chi connectivity index (χ3v) is 1.11. The maximum Gasteiger partial charge on any atom is 0.358 e. The van der Waals surface area contributed by atoms with Gasteiger partial charge in [0, 0.05) is 18.0 Å². The Morgan fingerprint density at radius 2 is 2.00 bits per heavy atom. The largest absolute Gasteiger partial charge is 0.358 e.